The van der Waals surface area contributed by atoms with Gasteiger partial charge >= 0.3 is 23.9 Å². The van der Waals surface area contributed by atoms with E-state index in [0.29, 0.717) is 0 Å². The number of hydrogen-bond donors (Lipinski definition) is 2. The van der Waals surface area contributed by atoms with Crippen molar-refractivity contribution < 1.29 is 33.0 Å². The van der Waals surface area contributed by atoms with Crippen molar-refractivity contribution in [3.05, 3.63) is 29.0 Å². The monoisotopic (exact) mass is 457 g/mol. The minimum absolute atomic E-state index is 0.0331. The molecule has 1 heterocycles. The number of ether oxygens (including phenoxy) is 2. The quantitative estimate of drug-likeness (QED) is 0.530. The summed E-state index contributed by atoms with van der Waals surface area (Å²) in [4.78, 5) is 50.5. The molecule has 0 bridgehead atoms. The number of halogens is 2. The Kier molecular flexibility index (Phi) is 7.83. The molecule has 0 spiro atoms. The van der Waals surface area contributed by atoms with Crippen molar-refractivity contribution in [2.75, 3.05) is 25.0 Å². The Bertz CT molecular complexity index is 873. The van der Waals surface area contributed by atoms with Crippen LogP contribution in [0.5, 0.6) is 0 Å². The molecule has 1 aromatic rings. The molecule has 2 atom stereocenters. The number of amides is 3. The maximum Gasteiger partial charge on any atom is 0.410 e. The molecular weight excluding hydrogens is 433 g/mol. The molecule has 2 rings (SSSR count). The summed E-state index contributed by atoms with van der Waals surface area (Å²) in [5, 5.41) is 4.56. The third-order valence-electron chi connectivity index (χ3n) is 4.26. The summed E-state index contributed by atoms with van der Waals surface area (Å²) in [5.41, 5.74) is -0.711. The van der Waals surface area contributed by atoms with E-state index >= 15 is 0 Å². The molecule has 1 aromatic carbocycles. The molecule has 11 heteroatoms. The summed E-state index contributed by atoms with van der Waals surface area (Å²) < 4.78 is 23.9. The third-order valence-corrected chi connectivity index (χ3v) is 4.57. The van der Waals surface area contributed by atoms with Crippen molar-refractivity contribution in [3.8, 4) is 0 Å². The van der Waals surface area contributed by atoms with E-state index in [9.17, 15) is 23.6 Å². The van der Waals surface area contributed by atoms with Crippen molar-refractivity contribution in [1.29, 1.82) is 0 Å². The average molecular weight is 458 g/mol. The topological polar surface area (TPSA) is 114 Å². The van der Waals surface area contributed by atoms with Gasteiger partial charge in [-0.3, -0.25) is 14.4 Å². The number of carbonyl (C=O) groups excluding carboxylic acids is 4. The van der Waals surface area contributed by atoms with E-state index in [-0.39, 0.29) is 30.4 Å². The van der Waals surface area contributed by atoms with Gasteiger partial charge in [0.1, 0.15) is 11.4 Å². The van der Waals surface area contributed by atoms with E-state index in [1.54, 1.807) is 27.7 Å². The van der Waals surface area contributed by atoms with Crippen molar-refractivity contribution in [3.63, 3.8) is 0 Å². The number of benzene rings is 1. The first-order valence-corrected chi connectivity index (χ1v) is 10.0. The molecule has 1 saturated heterocycles. The van der Waals surface area contributed by atoms with Gasteiger partial charge in [0.05, 0.1) is 23.6 Å². The zero-order valence-corrected chi connectivity index (χ0v) is 18.4. The fourth-order valence-electron chi connectivity index (χ4n) is 2.91. The van der Waals surface area contributed by atoms with Crippen LogP contribution in [0.15, 0.2) is 18.2 Å². The van der Waals surface area contributed by atoms with E-state index in [1.165, 1.54) is 17.0 Å². The summed E-state index contributed by atoms with van der Waals surface area (Å²) in [6, 6.07) is 2.66. The van der Waals surface area contributed by atoms with Crippen LogP contribution in [-0.2, 0) is 23.9 Å². The zero-order chi connectivity index (χ0) is 23.3. The van der Waals surface area contributed by atoms with Crippen molar-refractivity contribution in [2.24, 2.45) is 5.92 Å². The van der Waals surface area contributed by atoms with Gasteiger partial charge in [0.25, 0.3) is 0 Å². The number of carbonyl (C=O) groups is 4. The number of anilines is 1. The molecule has 2 N–H and O–H groups in total. The van der Waals surface area contributed by atoms with Gasteiger partial charge in [-0.2, -0.15) is 0 Å². The zero-order valence-electron chi connectivity index (χ0n) is 17.7. The Morgan fingerprint density at radius 2 is 1.87 bits per heavy atom. The highest BCUT2D eigenvalue weighted by Crippen LogP contribution is 2.22. The molecular formula is C20H25ClFN3O6. The number of esters is 1. The van der Waals surface area contributed by atoms with E-state index < -0.39 is 47.3 Å². The Morgan fingerprint density at radius 1 is 1.19 bits per heavy atom. The van der Waals surface area contributed by atoms with Gasteiger partial charge in [-0.1, -0.05) is 11.6 Å². The van der Waals surface area contributed by atoms with Crippen LogP contribution in [0, 0.1) is 11.7 Å². The van der Waals surface area contributed by atoms with E-state index in [2.05, 4.69) is 10.6 Å². The molecule has 1 aliphatic heterocycles. The molecule has 1 unspecified atom stereocenters. The summed E-state index contributed by atoms with van der Waals surface area (Å²) in [6.07, 6.45) is -0.653. The minimum Gasteiger partial charge on any atom is -0.466 e. The lowest BCUT2D eigenvalue weighted by molar-refractivity contribution is -0.148. The first-order valence-electron chi connectivity index (χ1n) is 9.62. The Morgan fingerprint density at radius 3 is 2.45 bits per heavy atom. The van der Waals surface area contributed by atoms with Crippen LogP contribution >= 0.6 is 11.6 Å². The van der Waals surface area contributed by atoms with Crippen LogP contribution in [0.4, 0.5) is 14.9 Å². The van der Waals surface area contributed by atoms with Crippen LogP contribution in [0.1, 0.15) is 27.7 Å². The summed E-state index contributed by atoms with van der Waals surface area (Å²) >= 11 is 5.59. The minimum atomic E-state index is -1.07. The largest absolute Gasteiger partial charge is 0.466 e. The first kappa shape index (κ1) is 24.4. The smallest absolute Gasteiger partial charge is 0.410 e. The normalized spacial score (nSPS) is 18.3. The predicted octanol–water partition coefficient (Wildman–Crippen LogP) is 2.33. The number of likely N-dealkylation sites (tertiary alicyclic amines) is 1. The Balaban J connectivity index is 2.08. The molecule has 0 saturated carbocycles. The lowest BCUT2D eigenvalue weighted by atomic mass is 10.0. The van der Waals surface area contributed by atoms with Gasteiger partial charge in [0, 0.05) is 18.8 Å². The van der Waals surface area contributed by atoms with Gasteiger partial charge in [-0.25, -0.2) is 9.18 Å². The van der Waals surface area contributed by atoms with Crippen molar-refractivity contribution in [2.45, 2.75) is 39.3 Å². The number of rotatable bonds is 4. The van der Waals surface area contributed by atoms with Crippen LogP contribution < -0.4 is 10.6 Å². The fraction of sp³-hybridized carbons (Fsp3) is 0.500. The third kappa shape index (κ3) is 6.81. The fourth-order valence-corrected chi connectivity index (χ4v) is 3.03. The lowest BCUT2D eigenvalue weighted by Crippen LogP contribution is -2.47. The number of nitrogens with zero attached hydrogens (tertiary/aromatic N) is 1. The molecule has 1 fully saturated rings. The van der Waals surface area contributed by atoms with Crippen LogP contribution in [-0.4, -0.2) is 60.1 Å². The SMILES string of the molecule is CCOC(=O)C1CN(C(=O)OC(C)(C)C)C[C@@H]1NC(=O)C(=O)Nc1ccc(Cl)c(F)c1. The first-order chi connectivity index (χ1) is 14.4. The number of hydrogen-bond acceptors (Lipinski definition) is 6. The second-order valence-electron chi connectivity index (χ2n) is 7.91. The number of nitrogens with one attached hydrogen (secondary N) is 2. The van der Waals surface area contributed by atoms with Gasteiger partial charge in [0.2, 0.25) is 0 Å². The highest BCUT2D eigenvalue weighted by molar-refractivity contribution is 6.39. The maximum absolute atomic E-state index is 13.5. The molecule has 0 aliphatic carbocycles. The van der Waals surface area contributed by atoms with Crippen molar-refractivity contribution in [1.82, 2.24) is 10.2 Å². The average Bonchev–Trinajstić information content (AvgIpc) is 3.07. The summed E-state index contributed by atoms with van der Waals surface area (Å²) in [5.74, 6) is -4.37. The van der Waals surface area contributed by atoms with Crippen LogP contribution in [0.2, 0.25) is 5.02 Å². The van der Waals surface area contributed by atoms with E-state index in [1.807, 2.05) is 0 Å². The van der Waals surface area contributed by atoms with Gasteiger partial charge in [-0.05, 0) is 45.9 Å². The van der Waals surface area contributed by atoms with Crippen LogP contribution in [0.3, 0.4) is 0 Å². The summed E-state index contributed by atoms with van der Waals surface area (Å²) in [7, 11) is 0. The molecule has 0 radical (unpaired) electrons. The maximum atomic E-state index is 13.5. The van der Waals surface area contributed by atoms with Crippen LogP contribution in [0.25, 0.3) is 0 Å². The molecule has 1 aliphatic rings. The van der Waals surface area contributed by atoms with Gasteiger partial charge in [-0.15, -0.1) is 0 Å². The Hall–Kier alpha value is -2.88. The van der Waals surface area contributed by atoms with E-state index in [0.717, 1.165) is 6.07 Å². The molecule has 3 amide bonds. The Labute approximate surface area is 184 Å². The standard InChI is InChI=1S/C20H25ClFN3O6/c1-5-30-18(28)12-9-25(19(29)31-20(2,3)4)10-15(12)24-17(27)16(26)23-11-6-7-13(21)14(22)8-11/h6-8,12,15H,5,9-10H2,1-4H3,(H,23,26)(H,24,27)/t12?,15-/m0/s1. The molecule has 9 nitrogen and oxygen atoms in total. The highest BCUT2D eigenvalue weighted by atomic mass is 35.5. The highest BCUT2D eigenvalue weighted by Gasteiger charge is 2.43. The second-order valence-corrected chi connectivity index (χ2v) is 8.31. The van der Waals surface area contributed by atoms with Gasteiger partial charge < -0.3 is 25.0 Å². The second kappa shape index (κ2) is 9.95. The molecule has 31 heavy (non-hydrogen) atoms. The molecule has 0 aromatic heterocycles. The predicted molar refractivity (Wildman–Crippen MR) is 110 cm³/mol. The van der Waals surface area contributed by atoms with E-state index in [4.69, 9.17) is 21.1 Å². The summed E-state index contributed by atoms with van der Waals surface area (Å²) in [6.45, 7) is 6.76. The van der Waals surface area contributed by atoms with Crippen molar-refractivity contribution >= 4 is 41.2 Å². The lowest BCUT2D eigenvalue weighted by Gasteiger charge is -2.24. The van der Waals surface area contributed by atoms with Gasteiger partial charge in [0.15, 0.2) is 0 Å². The molecule has 170 valence electrons.